The topological polar surface area (TPSA) is 56.1 Å². The molecule has 0 saturated heterocycles. The Morgan fingerprint density at radius 1 is 1.35 bits per heavy atom. The number of halogens is 1. The van der Waals surface area contributed by atoms with E-state index in [9.17, 15) is 10.1 Å². The average Bonchev–Trinajstić information content (AvgIpc) is 2.59. The van der Waals surface area contributed by atoms with Crippen LogP contribution in [0.25, 0.3) is 0 Å². The molecule has 5 heteroatoms. The zero-order valence-corrected chi connectivity index (χ0v) is 14.1. The van der Waals surface area contributed by atoms with Crippen LogP contribution in [-0.2, 0) is 11.3 Å². The second-order valence-electron chi connectivity index (χ2n) is 5.92. The number of carbonyl (C=O) groups is 1. The first-order valence-electron chi connectivity index (χ1n) is 7.96. The first-order chi connectivity index (χ1) is 11.1. The van der Waals surface area contributed by atoms with Crippen molar-refractivity contribution in [1.82, 2.24) is 10.2 Å². The van der Waals surface area contributed by atoms with Crippen molar-refractivity contribution in [3.63, 3.8) is 0 Å². The molecule has 0 radical (unpaired) electrons. The Balaban J connectivity index is 1.93. The molecule has 1 aromatic carbocycles. The van der Waals surface area contributed by atoms with Gasteiger partial charge in [0, 0.05) is 30.9 Å². The summed E-state index contributed by atoms with van der Waals surface area (Å²) in [5.41, 5.74) is 1.09. The van der Waals surface area contributed by atoms with Crippen molar-refractivity contribution >= 4 is 17.5 Å². The molecule has 1 fully saturated rings. The SMILES string of the molecule is CN(/C=C(/C#N)C(=O)NCc1ccc(Cl)cc1)C1CCCCC1. The molecular weight excluding hydrogens is 310 g/mol. The largest absolute Gasteiger partial charge is 0.376 e. The number of rotatable bonds is 5. The van der Waals surface area contributed by atoms with Crippen LogP contribution in [0.4, 0.5) is 0 Å². The highest BCUT2D eigenvalue weighted by molar-refractivity contribution is 6.30. The number of amides is 1. The molecule has 1 aliphatic carbocycles. The standard InChI is InChI=1S/C18H22ClN3O/c1-22(17-5-3-2-4-6-17)13-15(11-20)18(23)21-12-14-7-9-16(19)10-8-14/h7-10,13,17H,2-6,12H2,1H3,(H,21,23)/b15-13-. The molecule has 1 amide bonds. The predicted octanol–water partition coefficient (Wildman–Crippen LogP) is 3.63. The van der Waals surface area contributed by atoms with E-state index in [1.807, 2.05) is 30.1 Å². The Morgan fingerprint density at radius 3 is 2.61 bits per heavy atom. The summed E-state index contributed by atoms with van der Waals surface area (Å²) in [6.45, 7) is 0.377. The smallest absolute Gasteiger partial charge is 0.263 e. The van der Waals surface area contributed by atoms with Crippen molar-refractivity contribution in [2.45, 2.75) is 44.7 Å². The van der Waals surface area contributed by atoms with Crippen LogP contribution in [0, 0.1) is 11.3 Å². The molecule has 0 atom stereocenters. The maximum absolute atomic E-state index is 12.2. The maximum atomic E-state index is 12.2. The van der Waals surface area contributed by atoms with Crippen molar-refractivity contribution in [2.24, 2.45) is 0 Å². The predicted molar refractivity (Wildman–Crippen MR) is 91.6 cm³/mol. The van der Waals surface area contributed by atoms with E-state index in [1.54, 1.807) is 18.3 Å². The summed E-state index contributed by atoms with van der Waals surface area (Å²) in [4.78, 5) is 14.2. The Hall–Kier alpha value is -1.99. The molecule has 0 spiro atoms. The fourth-order valence-electron chi connectivity index (χ4n) is 2.82. The van der Waals surface area contributed by atoms with E-state index in [2.05, 4.69) is 5.32 Å². The second kappa shape index (κ2) is 8.59. The van der Waals surface area contributed by atoms with Crippen molar-refractivity contribution < 1.29 is 4.79 Å². The van der Waals surface area contributed by atoms with Gasteiger partial charge in [-0.2, -0.15) is 5.26 Å². The molecule has 1 saturated carbocycles. The highest BCUT2D eigenvalue weighted by Gasteiger charge is 2.18. The maximum Gasteiger partial charge on any atom is 0.263 e. The number of hydrogen-bond donors (Lipinski definition) is 1. The van der Waals surface area contributed by atoms with Gasteiger partial charge in [0.15, 0.2) is 0 Å². The van der Waals surface area contributed by atoms with Crippen molar-refractivity contribution in [1.29, 1.82) is 5.26 Å². The highest BCUT2D eigenvalue weighted by atomic mass is 35.5. The normalized spacial score (nSPS) is 15.8. The van der Waals surface area contributed by atoms with Crippen LogP contribution < -0.4 is 5.32 Å². The average molecular weight is 332 g/mol. The number of benzene rings is 1. The van der Waals surface area contributed by atoms with Gasteiger partial charge in [0.2, 0.25) is 0 Å². The Bertz CT molecular complexity index is 598. The van der Waals surface area contributed by atoms with Crippen LogP contribution in [0.1, 0.15) is 37.7 Å². The Kier molecular flexibility index (Phi) is 6.49. The lowest BCUT2D eigenvalue weighted by Crippen LogP contribution is -2.31. The van der Waals surface area contributed by atoms with Crippen LogP contribution in [0.15, 0.2) is 36.0 Å². The molecule has 4 nitrogen and oxygen atoms in total. The summed E-state index contributed by atoms with van der Waals surface area (Å²) in [5, 5.41) is 12.7. The van der Waals surface area contributed by atoms with Crippen molar-refractivity contribution in [2.75, 3.05) is 7.05 Å². The second-order valence-corrected chi connectivity index (χ2v) is 6.36. The number of nitrogens with one attached hydrogen (secondary N) is 1. The van der Waals surface area contributed by atoms with Gasteiger partial charge in [0.05, 0.1) is 0 Å². The molecule has 0 aliphatic heterocycles. The first-order valence-corrected chi connectivity index (χ1v) is 8.34. The van der Waals surface area contributed by atoms with E-state index in [-0.39, 0.29) is 11.5 Å². The number of carbonyl (C=O) groups excluding carboxylic acids is 1. The minimum atomic E-state index is -0.342. The van der Waals surface area contributed by atoms with Gasteiger partial charge in [-0.15, -0.1) is 0 Å². The minimum Gasteiger partial charge on any atom is -0.376 e. The molecule has 23 heavy (non-hydrogen) atoms. The summed E-state index contributed by atoms with van der Waals surface area (Å²) in [5.74, 6) is -0.342. The summed E-state index contributed by atoms with van der Waals surface area (Å²) >= 11 is 5.83. The third kappa shape index (κ3) is 5.30. The molecule has 1 aliphatic rings. The van der Waals surface area contributed by atoms with Crippen molar-refractivity contribution in [3.8, 4) is 6.07 Å². The molecule has 1 N–H and O–H groups in total. The molecule has 0 bridgehead atoms. The molecular formula is C18H22ClN3O. The van der Waals surface area contributed by atoms with E-state index in [0.717, 1.165) is 18.4 Å². The van der Waals surface area contributed by atoms with Gasteiger partial charge in [-0.3, -0.25) is 4.79 Å². The van der Waals surface area contributed by atoms with Gasteiger partial charge in [-0.05, 0) is 30.5 Å². The van der Waals surface area contributed by atoms with Crippen LogP contribution in [0.3, 0.4) is 0 Å². The lowest BCUT2D eigenvalue weighted by Gasteiger charge is -2.30. The molecule has 1 aromatic rings. The minimum absolute atomic E-state index is 0.145. The molecule has 0 heterocycles. The molecule has 122 valence electrons. The number of nitriles is 1. The van der Waals surface area contributed by atoms with Crippen LogP contribution in [0.2, 0.25) is 5.02 Å². The van der Waals surface area contributed by atoms with Crippen LogP contribution in [-0.4, -0.2) is 23.9 Å². The summed E-state index contributed by atoms with van der Waals surface area (Å²) < 4.78 is 0. The third-order valence-corrected chi connectivity index (χ3v) is 4.47. The van der Waals surface area contributed by atoms with E-state index in [1.165, 1.54) is 19.3 Å². The summed E-state index contributed by atoms with van der Waals surface area (Å²) in [6.07, 6.45) is 7.63. The molecule has 0 aromatic heterocycles. The monoisotopic (exact) mass is 331 g/mol. The van der Waals surface area contributed by atoms with E-state index in [4.69, 9.17) is 11.6 Å². The third-order valence-electron chi connectivity index (χ3n) is 4.21. The number of nitrogens with zero attached hydrogens (tertiary/aromatic N) is 2. The van der Waals surface area contributed by atoms with E-state index in [0.29, 0.717) is 17.6 Å². The lowest BCUT2D eigenvalue weighted by atomic mass is 9.94. The van der Waals surface area contributed by atoms with Crippen LogP contribution in [0.5, 0.6) is 0 Å². The molecule has 0 unspecified atom stereocenters. The zero-order chi connectivity index (χ0) is 16.7. The van der Waals surface area contributed by atoms with E-state index >= 15 is 0 Å². The zero-order valence-electron chi connectivity index (χ0n) is 13.4. The van der Waals surface area contributed by atoms with Crippen LogP contribution >= 0.6 is 11.6 Å². The Labute approximate surface area is 142 Å². The quantitative estimate of drug-likeness (QED) is 0.662. The fraction of sp³-hybridized carbons (Fsp3) is 0.444. The van der Waals surface area contributed by atoms with Gasteiger partial charge in [0.25, 0.3) is 5.91 Å². The fourth-order valence-corrected chi connectivity index (χ4v) is 2.94. The van der Waals surface area contributed by atoms with Gasteiger partial charge in [-0.1, -0.05) is 43.0 Å². The van der Waals surface area contributed by atoms with Crippen molar-refractivity contribution in [3.05, 3.63) is 46.6 Å². The van der Waals surface area contributed by atoms with Gasteiger partial charge in [-0.25, -0.2) is 0 Å². The summed E-state index contributed by atoms with van der Waals surface area (Å²) in [7, 11) is 1.94. The van der Waals surface area contributed by atoms with E-state index < -0.39 is 0 Å². The summed E-state index contributed by atoms with van der Waals surface area (Å²) in [6, 6.07) is 9.70. The van der Waals surface area contributed by atoms with Gasteiger partial charge < -0.3 is 10.2 Å². The lowest BCUT2D eigenvalue weighted by molar-refractivity contribution is -0.117. The molecule has 2 rings (SSSR count). The first kappa shape index (κ1) is 17.4. The Morgan fingerprint density at radius 2 is 2.00 bits per heavy atom. The van der Waals surface area contributed by atoms with Gasteiger partial charge in [0.1, 0.15) is 11.6 Å². The van der Waals surface area contributed by atoms with Gasteiger partial charge >= 0.3 is 0 Å². The highest BCUT2D eigenvalue weighted by Crippen LogP contribution is 2.22. The number of hydrogen-bond acceptors (Lipinski definition) is 3.